The van der Waals surface area contributed by atoms with Crippen molar-refractivity contribution in [3.05, 3.63) is 34.1 Å². The van der Waals surface area contributed by atoms with E-state index >= 15 is 0 Å². The number of rotatable bonds is 7. The molecular formula is C14H21FN2O2. The van der Waals surface area contributed by atoms with E-state index in [0.717, 1.165) is 25.3 Å². The second kappa shape index (κ2) is 7.07. The highest BCUT2D eigenvalue weighted by Crippen LogP contribution is 2.23. The summed E-state index contributed by atoms with van der Waals surface area (Å²) in [5.74, 6) is -0.0175. The largest absolute Gasteiger partial charge is 0.382 e. The molecule has 0 heterocycles. The van der Waals surface area contributed by atoms with Gasteiger partial charge in [-0.25, -0.2) is 4.39 Å². The standard InChI is InChI=1S/C14H21FN2O2/c1-4-10(3)6-12(5-2)16-13-7-11(15)8-14(9-13)17(18)19/h7-10,12,16H,4-6H2,1-3H3. The molecule has 4 nitrogen and oxygen atoms in total. The lowest BCUT2D eigenvalue weighted by Gasteiger charge is -2.21. The molecule has 2 atom stereocenters. The molecule has 5 heteroatoms. The molecule has 106 valence electrons. The van der Waals surface area contributed by atoms with Crippen LogP contribution in [0.1, 0.15) is 40.0 Å². The van der Waals surface area contributed by atoms with Crippen molar-refractivity contribution in [1.82, 2.24) is 0 Å². The van der Waals surface area contributed by atoms with Gasteiger partial charge in [-0.1, -0.05) is 27.2 Å². The third-order valence-corrected chi connectivity index (χ3v) is 3.34. The number of nitrogens with zero attached hydrogens (tertiary/aromatic N) is 1. The van der Waals surface area contributed by atoms with Gasteiger partial charge in [0.05, 0.1) is 11.0 Å². The highest BCUT2D eigenvalue weighted by molar-refractivity contribution is 5.52. The molecule has 0 aliphatic rings. The Morgan fingerprint density at radius 2 is 2.00 bits per heavy atom. The average molecular weight is 268 g/mol. The van der Waals surface area contributed by atoms with E-state index in [4.69, 9.17) is 0 Å². The Balaban J connectivity index is 2.82. The molecule has 1 N–H and O–H groups in total. The lowest BCUT2D eigenvalue weighted by molar-refractivity contribution is -0.385. The summed E-state index contributed by atoms with van der Waals surface area (Å²) >= 11 is 0. The van der Waals surface area contributed by atoms with E-state index in [-0.39, 0.29) is 11.7 Å². The van der Waals surface area contributed by atoms with Crippen molar-refractivity contribution in [1.29, 1.82) is 0 Å². The summed E-state index contributed by atoms with van der Waals surface area (Å²) < 4.78 is 13.3. The number of halogens is 1. The molecule has 1 aromatic rings. The molecule has 0 fully saturated rings. The van der Waals surface area contributed by atoms with Crippen molar-refractivity contribution in [2.24, 2.45) is 5.92 Å². The van der Waals surface area contributed by atoms with E-state index in [9.17, 15) is 14.5 Å². The molecule has 0 saturated carbocycles. The SMILES string of the molecule is CCC(C)CC(CC)Nc1cc(F)cc([N+](=O)[O-])c1. The van der Waals surface area contributed by atoms with Crippen molar-refractivity contribution < 1.29 is 9.31 Å². The van der Waals surface area contributed by atoms with Gasteiger partial charge in [0.25, 0.3) is 5.69 Å². The van der Waals surface area contributed by atoms with Gasteiger partial charge >= 0.3 is 0 Å². The topological polar surface area (TPSA) is 55.2 Å². The first kappa shape index (κ1) is 15.4. The van der Waals surface area contributed by atoms with Gasteiger partial charge < -0.3 is 5.32 Å². The van der Waals surface area contributed by atoms with Crippen LogP contribution in [0, 0.1) is 21.8 Å². The summed E-state index contributed by atoms with van der Waals surface area (Å²) in [6.45, 7) is 6.34. The Hall–Kier alpha value is -1.65. The predicted octanol–water partition coefficient (Wildman–Crippen LogP) is 4.36. The fraction of sp³-hybridized carbons (Fsp3) is 0.571. The molecule has 0 saturated heterocycles. The van der Waals surface area contributed by atoms with Crippen LogP contribution in [0.3, 0.4) is 0 Å². The second-order valence-corrected chi connectivity index (χ2v) is 4.95. The first-order valence-electron chi connectivity index (χ1n) is 6.67. The number of hydrogen-bond acceptors (Lipinski definition) is 3. The van der Waals surface area contributed by atoms with Crippen molar-refractivity contribution in [3.8, 4) is 0 Å². The molecule has 19 heavy (non-hydrogen) atoms. The minimum atomic E-state index is -0.588. The lowest BCUT2D eigenvalue weighted by atomic mass is 9.97. The fourth-order valence-electron chi connectivity index (χ4n) is 1.98. The van der Waals surface area contributed by atoms with E-state index in [1.165, 1.54) is 12.1 Å². The first-order valence-corrected chi connectivity index (χ1v) is 6.67. The number of nitro benzene ring substituents is 1. The van der Waals surface area contributed by atoms with E-state index < -0.39 is 10.7 Å². The van der Waals surface area contributed by atoms with Crippen LogP contribution < -0.4 is 5.32 Å². The van der Waals surface area contributed by atoms with E-state index in [0.29, 0.717) is 11.6 Å². The van der Waals surface area contributed by atoms with Crippen LogP contribution in [0.25, 0.3) is 0 Å². The molecule has 2 unspecified atom stereocenters. The summed E-state index contributed by atoms with van der Waals surface area (Å²) in [5, 5.41) is 13.9. The molecule has 1 rings (SSSR count). The Morgan fingerprint density at radius 3 is 2.53 bits per heavy atom. The summed E-state index contributed by atoms with van der Waals surface area (Å²) in [6.07, 6.45) is 2.95. The maximum atomic E-state index is 13.3. The maximum absolute atomic E-state index is 13.3. The smallest absolute Gasteiger partial charge is 0.274 e. The number of nitrogens with one attached hydrogen (secondary N) is 1. The molecule has 0 aliphatic carbocycles. The van der Waals surface area contributed by atoms with Crippen LogP contribution in [0.15, 0.2) is 18.2 Å². The lowest BCUT2D eigenvalue weighted by Crippen LogP contribution is -2.21. The van der Waals surface area contributed by atoms with Crippen LogP contribution in [0.5, 0.6) is 0 Å². The quantitative estimate of drug-likeness (QED) is 0.590. The van der Waals surface area contributed by atoms with Crippen LogP contribution in [0.4, 0.5) is 15.8 Å². The monoisotopic (exact) mass is 268 g/mol. The van der Waals surface area contributed by atoms with E-state index in [2.05, 4.69) is 19.2 Å². The summed E-state index contributed by atoms with van der Waals surface area (Å²) in [6, 6.07) is 3.81. The molecule has 0 amide bonds. The second-order valence-electron chi connectivity index (χ2n) is 4.95. The minimum Gasteiger partial charge on any atom is -0.382 e. The van der Waals surface area contributed by atoms with Gasteiger partial charge in [-0.15, -0.1) is 0 Å². The van der Waals surface area contributed by atoms with Crippen molar-refractivity contribution in [2.45, 2.75) is 46.1 Å². The molecule has 0 radical (unpaired) electrons. The minimum absolute atomic E-state index is 0.205. The summed E-state index contributed by atoms with van der Waals surface area (Å²) in [5.41, 5.74) is 0.253. The number of non-ortho nitro benzene ring substituents is 1. The van der Waals surface area contributed by atoms with Gasteiger partial charge in [-0.3, -0.25) is 10.1 Å². The summed E-state index contributed by atoms with van der Waals surface area (Å²) in [7, 11) is 0. The molecule has 1 aromatic carbocycles. The third kappa shape index (κ3) is 4.85. The maximum Gasteiger partial charge on any atom is 0.274 e. The van der Waals surface area contributed by atoms with Gasteiger partial charge in [-0.05, 0) is 24.8 Å². The van der Waals surface area contributed by atoms with Gasteiger partial charge in [0.2, 0.25) is 0 Å². The number of benzene rings is 1. The Morgan fingerprint density at radius 1 is 1.32 bits per heavy atom. The highest BCUT2D eigenvalue weighted by Gasteiger charge is 2.14. The summed E-state index contributed by atoms with van der Waals surface area (Å²) in [4.78, 5) is 10.1. The van der Waals surface area contributed by atoms with Crippen molar-refractivity contribution in [2.75, 3.05) is 5.32 Å². The van der Waals surface area contributed by atoms with E-state index in [1.54, 1.807) is 0 Å². The fourth-order valence-corrected chi connectivity index (χ4v) is 1.98. The zero-order valence-electron chi connectivity index (χ0n) is 11.6. The molecular weight excluding hydrogens is 247 g/mol. The van der Waals surface area contributed by atoms with Crippen LogP contribution in [-0.4, -0.2) is 11.0 Å². The molecule has 0 spiro atoms. The number of hydrogen-bond donors (Lipinski definition) is 1. The number of nitro groups is 1. The van der Waals surface area contributed by atoms with Gasteiger partial charge in [0.1, 0.15) is 5.82 Å². The van der Waals surface area contributed by atoms with Crippen molar-refractivity contribution in [3.63, 3.8) is 0 Å². The van der Waals surface area contributed by atoms with Crippen LogP contribution >= 0.6 is 0 Å². The van der Waals surface area contributed by atoms with Gasteiger partial charge in [0.15, 0.2) is 0 Å². The zero-order chi connectivity index (χ0) is 14.4. The van der Waals surface area contributed by atoms with Crippen molar-refractivity contribution >= 4 is 11.4 Å². The average Bonchev–Trinajstić information content (AvgIpc) is 2.36. The van der Waals surface area contributed by atoms with Gasteiger partial charge in [-0.2, -0.15) is 0 Å². The molecule has 0 aliphatic heterocycles. The zero-order valence-corrected chi connectivity index (χ0v) is 11.6. The predicted molar refractivity (Wildman–Crippen MR) is 74.8 cm³/mol. The highest BCUT2D eigenvalue weighted by atomic mass is 19.1. The van der Waals surface area contributed by atoms with Crippen LogP contribution in [0.2, 0.25) is 0 Å². The normalized spacial score (nSPS) is 13.9. The Labute approximate surface area is 113 Å². The Kier molecular flexibility index (Phi) is 5.73. The molecule has 0 bridgehead atoms. The Bertz CT molecular complexity index is 437. The van der Waals surface area contributed by atoms with Crippen LogP contribution in [-0.2, 0) is 0 Å². The first-order chi connectivity index (χ1) is 8.96. The number of anilines is 1. The molecule has 0 aromatic heterocycles. The van der Waals surface area contributed by atoms with Gasteiger partial charge in [0, 0.05) is 17.8 Å². The third-order valence-electron chi connectivity index (χ3n) is 3.34. The van der Waals surface area contributed by atoms with E-state index in [1.807, 2.05) is 6.92 Å².